The zero-order chi connectivity index (χ0) is 13.4. The van der Waals surface area contributed by atoms with Crippen LogP contribution in [0.15, 0.2) is 4.99 Å². The van der Waals surface area contributed by atoms with E-state index in [0.717, 1.165) is 0 Å². The molecule has 0 spiro atoms. The highest BCUT2D eigenvalue weighted by Gasteiger charge is 2.22. The molecule has 0 saturated carbocycles. The Kier molecular flexibility index (Phi) is 6.93. The van der Waals surface area contributed by atoms with E-state index in [9.17, 15) is 9.59 Å². The maximum atomic E-state index is 10.9. The number of nitrogens with zero attached hydrogens (tertiary/aromatic N) is 1. The highest BCUT2D eigenvalue weighted by Crippen LogP contribution is 2.06. The maximum Gasteiger partial charge on any atom is 0.303 e. The van der Waals surface area contributed by atoms with Crippen molar-refractivity contribution in [1.29, 1.82) is 0 Å². The number of hydrogen-bond acceptors (Lipinski definition) is 6. The molecule has 6 nitrogen and oxygen atoms in total. The number of carbonyl (C=O) groups is 2. The van der Waals surface area contributed by atoms with Crippen LogP contribution < -0.4 is 0 Å². The van der Waals surface area contributed by atoms with Crippen LogP contribution in [0, 0.1) is 0 Å². The van der Waals surface area contributed by atoms with Crippen molar-refractivity contribution < 1.29 is 23.8 Å². The second-order valence-electron chi connectivity index (χ2n) is 3.53. The van der Waals surface area contributed by atoms with Gasteiger partial charge in [-0.15, -0.1) is 0 Å². The van der Waals surface area contributed by atoms with Crippen molar-refractivity contribution in [3.8, 4) is 0 Å². The molecule has 0 fully saturated rings. The predicted octanol–water partition coefficient (Wildman–Crippen LogP) is 0.935. The molecule has 0 bridgehead atoms. The van der Waals surface area contributed by atoms with E-state index in [1.807, 2.05) is 0 Å². The van der Waals surface area contributed by atoms with Gasteiger partial charge in [0.05, 0.1) is 13.7 Å². The van der Waals surface area contributed by atoms with Crippen LogP contribution in [0.3, 0.4) is 0 Å². The molecule has 2 atom stereocenters. The number of esters is 2. The van der Waals surface area contributed by atoms with E-state index >= 15 is 0 Å². The largest absolute Gasteiger partial charge is 0.484 e. The normalized spacial score (nSPS) is 14.8. The average Bonchev–Trinajstić information content (AvgIpc) is 2.21. The van der Waals surface area contributed by atoms with Crippen LogP contribution >= 0.6 is 0 Å². The van der Waals surface area contributed by atoms with Crippen molar-refractivity contribution >= 4 is 17.8 Å². The van der Waals surface area contributed by atoms with Crippen LogP contribution in [-0.4, -0.2) is 43.7 Å². The molecule has 0 aromatic carbocycles. The van der Waals surface area contributed by atoms with E-state index < -0.39 is 24.1 Å². The minimum atomic E-state index is -0.610. The fraction of sp³-hybridized carbons (Fsp3) is 0.727. The fourth-order valence-corrected chi connectivity index (χ4v) is 1.12. The van der Waals surface area contributed by atoms with Gasteiger partial charge in [0.25, 0.3) is 0 Å². The third-order valence-corrected chi connectivity index (χ3v) is 1.98. The SMILES string of the molecule is CO/C(C)=N\CC(OC(C)=O)C(C)OC(C)=O. The van der Waals surface area contributed by atoms with Crippen LogP contribution in [0.4, 0.5) is 0 Å². The van der Waals surface area contributed by atoms with Gasteiger partial charge in [-0.1, -0.05) is 0 Å². The second kappa shape index (κ2) is 7.65. The maximum absolute atomic E-state index is 10.9. The van der Waals surface area contributed by atoms with Crippen molar-refractivity contribution in [1.82, 2.24) is 0 Å². The van der Waals surface area contributed by atoms with Gasteiger partial charge in [0.2, 0.25) is 0 Å². The fourth-order valence-electron chi connectivity index (χ4n) is 1.12. The van der Waals surface area contributed by atoms with Crippen LogP contribution in [0.5, 0.6) is 0 Å². The summed E-state index contributed by atoms with van der Waals surface area (Å²) in [5.74, 6) is -0.404. The molecule has 98 valence electrons. The predicted molar refractivity (Wildman–Crippen MR) is 61.8 cm³/mol. The minimum Gasteiger partial charge on any atom is -0.484 e. The molecule has 0 aromatic rings. The van der Waals surface area contributed by atoms with Gasteiger partial charge in [-0.25, -0.2) is 0 Å². The summed E-state index contributed by atoms with van der Waals surface area (Å²) >= 11 is 0. The number of methoxy groups -OCH3 is 1. The highest BCUT2D eigenvalue weighted by molar-refractivity contribution is 5.73. The van der Waals surface area contributed by atoms with Crippen LogP contribution in [0.1, 0.15) is 27.7 Å². The summed E-state index contributed by atoms with van der Waals surface area (Å²) in [6.07, 6.45) is -1.16. The van der Waals surface area contributed by atoms with E-state index in [2.05, 4.69) is 4.99 Å². The standard InChI is InChI=1S/C11H19NO5/c1-7(16-9(3)13)11(17-10(4)14)6-12-8(2)15-5/h7,11H,6H2,1-5H3/b12-8-. The molecular weight excluding hydrogens is 226 g/mol. The van der Waals surface area contributed by atoms with Gasteiger partial charge in [0, 0.05) is 20.8 Å². The van der Waals surface area contributed by atoms with E-state index in [1.165, 1.54) is 21.0 Å². The topological polar surface area (TPSA) is 74.2 Å². The highest BCUT2D eigenvalue weighted by atomic mass is 16.6. The molecule has 0 saturated heterocycles. The van der Waals surface area contributed by atoms with Crippen molar-refractivity contribution in [3.05, 3.63) is 0 Å². The lowest BCUT2D eigenvalue weighted by Crippen LogP contribution is -2.34. The van der Waals surface area contributed by atoms with Crippen LogP contribution in [0.25, 0.3) is 0 Å². The summed E-state index contributed by atoms with van der Waals surface area (Å²) in [5.41, 5.74) is 0. The lowest BCUT2D eigenvalue weighted by atomic mass is 10.2. The first-order valence-corrected chi connectivity index (χ1v) is 5.26. The average molecular weight is 245 g/mol. The molecule has 0 amide bonds. The third-order valence-electron chi connectivity index (χ3n) is 1.98. The molecule has 0 aliphatic rings. The van der Waals surface area contributed by atoms with Gasteiger partial charge in [-0.05, 0) is 6.92 Å². The van der Waals surface area contributed by atoms with Crippen LogP contribution in [0.2, 0.25) is 0 Å². The van der Waals surface area contributed by atoms with E-state index in [4.69, 9.17) is 14.2 Å². The first-order chi connectivity index (χ1) is 7.86. The van der Waals surface area contributed by atoms with Gasteiger partial charge >= 0.3 is 11.9 Å². The Morgan fingerprint density at radius 2 is 1.65 bits per heavy atom. The number of ether oxygens (including phenoxy) is 3. The second-order valence-corrected chi connectivity index (χ2v) is 3.53. The summed E-state index contributed by atoms with van der Waals surface area (Å²) < 4.78 is 14.9. The summed E-state index contributed by atoms with van der Waals surface area (Å²) in [6, 6.07) is 0. The van der Waals surface area contributed by atoms with Crippen molar-refractivity contribution in [2.75, 3.05) is 13.7 Å². The number of hydrogen-bond donors (Lipinski definition) is 0. The molecule has 2 unspecified atom stereocenters. The monoisotopic (exact) mass is 245 g/mol. The zero-order valence-corrected chi connectivity index (χ0v) is 10.9. The van der Waals surface area contributed by atoms with Crippen molar-refractivity contribution in [2.45, 2.75) is 39.9 Å². The van der Waals surface area contributed by atoms with Gasteiger partial charge < -0.3 is 14.2 Å². The summed E-state index contributed by atoms with van der Waals surface area (Å²) in [5, 5.41) is 0. The van der Waals surface area contributed by atoms with E-state index in [-0.39, 0.29) is 6.54 Å². The Hall–Kier alpha value is -1.59. The van der Waals surface area contributed by atoms with E-state index in [1.54, 1.807) is 13.8 Å². The van der Waals surface area contributed by atoms with Crippen LogP contribution in [-0.2, 0) is 23.8 Å². The quantitative estimate of drug-likeness (QED) is 0.409. The third kappa shape index (κ3) is 7.32. The Morgan fingerprint density at radius 3 is 2.06 bits per heavy atom. The van der Waals surface area contributed by atoms with Gasteiger partial charge in [0.1, 0.15) is 6.10 Å². The first kappa shape index (κ1) is 15.4. The van der Waals surface area contributed by atoms with Gasteiger partial charge in [-0.2, -0.15) is 0 Å². The molecule has 0 radical (unpaired) electrons. The molecule has 0 aliphatic heterocycles. The number of rotatable bonds is 5. The molecular formula is C11H19NO5. The molecule has 0 N–H and O–H groups in total. The smallest absolute Gasteiger partial charge is 0.303 e. The molecule has 6 heteroatoms. The van der Waals surface area contributed by atoms with Gasteiger partial charge in [0.15, 0.2) is 12.0 Å². The Bertz CT molecular complexity index is 300. The Morgan fingerprint density at radius 1 is 1.12 bits per heavy atom. The zero-order valence-electron chi connectivity index (χ0n) is 10.9. The van der Waals surface area contributed by atoms with Crippen molar-refractivity contribution in [3.63, 3.8) is 0 Å². The Balaban J connectivity index is 4.52. The lowest BCUT2D eigenvalue weighted by molar-refractivity contribution is -0.163. The van der Waals surface area contributed by atoms with Gasteiger partial charge in [-0.3, -0.25) is 14.6 Å². The van der Waals surface area contributed by atoms with E-state index in [0.29, 0.717) is 5.90 Å². The summed E-state index contributed by atoms with van der Waals surface area (Å²) in [4.78, 5) is 25.8. The molecule has 0 aromatic heterocycles. The Labute approximate surface area is 101 Å². The molecule has 0 rings (SSSR count). The lowest BCUT2D eigenvalue weighted by Gasteiger charge is -2.21. The summed E-state index contributed by atoms with van der Waals surface area (Å²) in [6.45, 7) is 6.10. The van der Waals surface area contributed by atoms with Crippen molar-refractivity contribution in [2.24, 2.45) is 4.99 Å². The number of aliphatic imine (C=N–C) groups is 1. The number of carbonyl (C=O) groups excluding carboxylic acids is 2. The summed E-state index contributed by atoms with van der Waals surface area (Å²) in [7, 11) is 1.50. The minimum absolute atomic E-state index is 0.188. The molecule has 17 heavy (non-hydrogen) atoms. The first-order valence-electron chi connectivity index (χ1n) is 5.26. The molecule has 0 heterocycles. The molecule has 0 aliphatic carbocycles.